The van der Waals surface area contributed by atoms with Gasteiger partial charge in [-0.3, -0.25) is 0 Å². The first-order chi connectivity index (χ1) is 13.1. The van der Waals surface area contributed by atoms with Crippen LogP contribution in [0.25, 0.3) is 11.4 Å². The van der Waals surface area contributed by atoms with Crippen molar-refractivity contribution < 1.29 is 4.74 Å². The normalized spacial score (nSPS) is 13.9. The molecule has 1 aliphatic heterocycles. The number of aromatic nitrogens is 3. The van der Waals surface area contributed by atoms with E-state index in [1.165, 1.54) is 24.8 Å². The fourth-order valence-corrected chi connectivity index (χ4v) is 5.07. The minimum atomic E-state index is 0.512. The number of ether oxygens (including phenoxy) is 1. The average Bonchev–Trinajstić information content (AvgIpc) is 2.89. The van der Waals surface area contributed by atoms with Gasteiger partial charge in [0.15, 0.2) is 5.82 Å². The number of nitrogens with zero attached hydrogens (tertiary/aromatic N) is 3. The highest BCUT2D eigenvalue weighted by molar-refractivity contribution is 9.11. The number of aryl methyl sites for hydroxylation is 2. The van der Waals surface area contributed by atoms with Crippen molar-refractivity contribution in [2.24, 2.45) is 0 Å². The van der Waals surface area contributed by atoms with Crippen molar-refractivity contribution in [2.75, 3.05) is 0 Å². The molecule has 1 aromatic heterocycles. The lowest BCUT2D eigenvalue weighted by atomic mass is 10.1. The van der Waals surface area contributed by atoms with E-state index in [0.717, 1.165) is 50.4 Å². The maximum absolute atomic E-state index is 6.02. The van der Waals surface area contributed by atoms with Crippen LogP contribution in [-0.2, 0) is 19.6 Å². The van der Waals surface area contributed by atoms with Crippen molar-refractivity contribution in [3.8, 4) is 17.1 Å². The van der Waals surface area contributed by atoms with Crippen molar-refractivity contribution in [3.63, 3.8) is 0 Å². The number of benzene rings is 2. The molecule has 0 spiro atoms. The Bertz CT molecular complexity index is 928. The number of hydrogen-bond acceptors (Lipinski definition) is 3. The lowest BCUT2D eigenvalue weighted by Crippen LogP contribution is -2.03. The van der Waals surface area contributed by atoms with Crippen LogP contribution in [0.1, 0.15) is 36.2 Å². The molecule has 0 aliphatic carbocycles. The van der Waals surface area contributed by atoms with Gasteiger partial charge in [-0.15, -0.1) is 10.2 Å². The molecule has 0 bridgehead atoms. The molecule has 0 saturated carbocycles. The fourth-order valence-electron chi connectivity index (χ4n) is 3.43. The van der Waals surface area contributed by atoms with Crippen LogP contribution in [-0.4, -0.2) is 14.8 Å². The third-order valence-electron chi connectivity index (χ3n) is 4.85. The molecule has 2 aromatic carbocycles. The molecule has 1 aliphatic rings. The molecule has 0 unspecified atom stereocenters. The van der Waals surface area contributed by atoms with E-state index >= 15 is 0 Å². The summed E-state index contributed by atoms with van der Waals surface area (Å²) in [5.41, 5.74) is 3.41. The second kappa shape index (κ2) is 8.15. The first-order valence-corrected chi connectivity index (χ1v) is 10.8. The van der Waals surface area contributed by atoms with Crippen LogP contribution in [0.3, 0.4) is 0 Å². The molecule has 0 N–H and O–H groups in total. The molecule has 4 rings (SSSR count). The average molecular weight is 491 g/mol. The minimum Gasteiger partial charge on any atom is -0.487 e. The van der Waals surface area contributed by atoms with Gasteiger partial charge in [-0.25, -0.2) is 0 Å². The van der Waals surface area contributed by atoms with E-state index in [9.17, 15) is 0 Å². The predicted octanol–water partition coefficient (Wildman–Crippen LogP) is 6.08. The van der Waals surface area contributed by atoms with E-state index in [2.05, 4.69) is 89.9 Å². The van der Waals surface area contributed by atoms with Gasteiger partial charge in [0.1, 0.15) is 18.2 Å². The molecule has 0 atom stereocenters. The van der Waals surface area contributed by atoms with Gasteiger partial charge in [-0.1, -0.05) is 30.7 Å². The predicted molar refractivity (Wildman–Crippen MR) is 114 cm³/mol. The summed E-state index contributed by atoms with van der Waals surface area (Å²) in [7, 11) is 0. The van der Waals surface area contributed by atoms with Crippen molar-refractivity contribution in [3.05, 3.63) is 62.3 Å². The molecule has 4 nitrogen and oxygen atoms in total. The van der Waals surface area contributed by atoms with Crippen LogP contribution in [0, 0.1) is 6.92 Å². The Balaban J connectivity index is 1.50. The number of hydrogen-bond donors (Lipinski definition) is 0. The monoisotopic (exact) mass is 489 g/mol. The van der Waals surface area contributed by atoms with E-state index in [4.69, 9.17) is 4.74 Å². The van der Waals surface area contributed by atoms with Gasteiger partial charge in [0.25, 0.3) is 0 Å². The highest BCUT2D eigenvalue weighted by atomic mass is 79.9. The molecule has 0 radical (unpaired) electrons. The number of rotatable bonds is 4. The van der Waals surface area contributed by atoms with Gasteiger partial charge in [-0.2, -0.15) is 0 Å². The quantitative estimate of drug-likeness (QED) is 0.444. The first kappa shape index (κ1) is 18.7. The van der Waals surface area contributed by atoms with Crippen molar-refractivity contribution >= 4 is 31.9 Å². The zero-order chi connectivity index (χ0) is 18.8. The van der Waals surface area contributed by atoms with Crippen LogP contribution < -0.4 is 4.74 Å². The largest absolute Gasteiger partial charge is 0.487 e. The Hall–Kier alpha value is -1.66. The lowest BCUT2D eigenvalue weighted by molar-refractivity contribution is 0.302. The Kier molecular flexibility index (Phi) is 5.64. The Morgan fingerprint density at radius 2 is 1.74 bits per heavy atom. The Labute approximate surface area is 176 Å². The minimum absolute atomic E-state index is 0.512. The summed E-state index contributed by atoms with van der Waals surface area (Å²) in [5.74, 6) is 2.92. The van der Waals surface area contributed by atoms with Gasteiger partial charge in [0.05, 0.1) is 8.95 Å². The summed E-state index contributed by atoms with van der Waals surface area (Å²) in [6, 6.07) is 12.5. The molecule has 0 amide bonds. The van der Waals surface area contributed by atoms with Gasteiger partial charge >= 0.3 is 0 Å². The van der Waals surface area contributed by atoms with Crippen LogP contribution in [0.15, 0.2) is 45.3 Å². The molecule has 27 heavy (non-hydrogen) atoms. The summed E-state index contributed by atoms with van der Waals surface area (Å²) in [6.45, 7) is 3.58. The molecular formula is C21H21Br2N3O. The Morgan fingerprint density at radius 1 is 1.00 bits per heavy atom. The Morgan fingerprint density at radius 3 is 2.48 bits per heavy atom. The van der Waals surface area contributed by atoms with Crippen LogP contribution in [0.2, 0.25) is 0 Å². The van der Waals surface area contributed by atoms with Gasteiger partial charge in [-0.05, 0) is 74.9 Å². The van der Waals surface area contributed by atoms with E-state index in [0.29, 0.717) is 6.61 Å². The van der Waals surface area contributed by atoms with Gasteiger partial charge in [0, 0.05) is 18.5 Å². The second-order valence-corrected chi connectivity index (χ2v) is 8.65. The fraction of sp³-hybridized carbons (Fsp3) is 0.333. The third kappa shape index (κ3) is 4.11. The maximum atomic E-state index is 6.02. The van der Waals surface area contributed by atoms with Gasteiger partial charge < -0.3 is 9.30 Å². The third-order valence-corrected chi connectivity index (χ3v) is 6.03. The van der Waals surface area contributed by atoms with Crippen molar-refractivity contribution in [1.29, 1.82) is 0 Å². The smallest absolute Gasteiger partial charge is 0.163 e. The van der Waals surface area contributed by atoms with E-state index in [1.807, 2.05) is 0 Å². The molecule has 0 fully saturated rings. The summed E-state index contributed by atoms with van der Waals surface area (Å²) < 4.78 is 10.2. The molecule has 3 aromatic rings. The summed E-state index contributed by atoms with van der Waals surface area (Å²) >= 11 is 7.16. The SMILES string of the molecule is Cc1cc(Br)c(OCc2ccc(-c3nnc4n3CCCCC4)cc2)c(Br)c1. The van der Waals surface area contributed by atoms with Crippen molar-refractivity contribution in [2.45, 2.75) is 45.8 Å². The standard InChI is InChI=1S/C21H21Br2N3O/c1-14-11-17(22)20(18(23)12-14)27-13-15-6-8-16(9-7-15)21-25-24-19-5-3-2-4-10-26(19)21/h6-9,11-12H,2-5,10,13H2,1H3. The topological polar surface area (TPSA) is 39.9 Å². The maximum Gasteiger partial charge on any atom is 0.163 e. The van der Waals surface area contributed by atoms with E-state index < -0.39 is 0 Å². The second-order valence-electron chi connectivity index (χ2n) is 6.95. The van der Waals surface area contributed by atoms with Gasteiger partial charge in [0.2, 0.25) is 0 Å². The molecular weight excluding hydrogens is 470 g/mol. The molecule has 6 heteroatoms. The van der Waals surface area contributed by atoms with Crippen LogP contribution in [0.4, 0.5) is 0 Å². The van der Waals surface area contributed by atoms with E-state index in [-0.39, 0.29) is 0 Å². The summed E-state index contributed by atoms with van der Waals surface area (Å²) in [6.07, 6.45) is 4.70. The van der Waals surface area contributed by atoms with Crippen LogP contribution >= 0.6 is 31.9 Å². The summed E-state index contributed by atoms with van der Waals surface area (Å²) in [5, 5.41) is 8.83. The number of halogens is 2. The summed E-state index contributed by atoms with van der Waals surface area (Å²) in [4.78, 5) is 0. The zero-order valence-electron chi connectivity index (χ0n) is 15.2. The zero-order valence-corrected chi connectivity index (χ0v) is 18.4. The highest BCUT2D eigenvalue weighted by Gasteiger charge is 2.16. The highest BCUT2D eigenvalue weighted by Crippen LogP contribution is 2.35. The van der Waals surface area contributed by atoms with Crippen LogP contribution in [0.5, 0.6) is 5.75 Å². The van der Waals surface area contributed by atoms with E-state index in [1.54, 1.807) is 0 Å². The first-order valence-electron chi connectivity index (χ1n) is 9.21. The lowest BCUT2D eigenvalue weighted by Gasteiger charge is -2.12. The molecule has 2 heterocycles. The number of fused-ring (bicyclic) bond motifs is 1. The molecule has 140 valence electrons. The molecule has 0 saturated heterocycles. The van der Waals surface area contributed by atoms with Crippen molar-refractivity contribution in [1.82, 2.24) is 14.8 Å².